The minimum Gasteiger partial charge on any atom is -0.480 e. The average Bonchev–Trinajstić information content (AvgIpc) is 2.54. The lowest BCUT2D eigenvalue weighted by Gasteiger charge is -2.44. The molecule has 0 saturated carbocycles. The molecule has 1 aliphatic rings. The molecule has 1 saturated heterocycles. The van der Waals surface area contributed by atoms with E-state index in [2.05, 4.69) is 5.10 Å². The van der Waals surface area contributed by atoms with Crippen molar-refractivity contribution in [3.05, 3.63) is 16.4 Å². The van der Waals surface area contributed by atoms with Gasteiger partial charge in [-0.15, -0.1) is 0 Å². The molecule has 2 rings (SSSR count). The van der Waals surface area contributed by atoms with Gasteiger partial charge in [0.2, 0.25) is 0 Å². The van der Waals surface area contributed by atoms with E-state index in [0.717, 1.165) is 30.8 Å². The molecule has 0 amide bonds. The zero-order valence-electron chi connectivity index (χ0n) is 12.5. The van der Waals surface area contributed by atoms with Gasteiger partial charge in [-0.1, -0.05) is 25.4 Å². The van der Waals surface area contributed by atoms with Crippen molar-refractivity contribution >= 4 is 17.6 Å². The molecule has 6 heteroatoms. The van der Waals surface area contributed by atoms with Crippen LogP contribution in [-0.4, -0.2) is 38.3 Å². The summed E-state index contributed by atoms with van der Waals surface area (Å²) < 4.78 is 1.75. The molecule has 0 radical (unpaired) electrons. The number of aryl methyl sites for hydroxylation is 2. The summed E-state index contributed by atoms with van der Waals surface area (Å²) in [6, 6.07) is -0.484. The summed E-state index contributed by atoms with van der Waals surface area (Å²) in [6.07, 6.45) is 1.93. The van der Waals surface area contributed by atoms with Crippen molar-refractivity contribution in [2.45, 2.75) is 46.2 Å². The number of hydrogen-bond donors (Lipinski definition) is 1. The van der Waals surface area contributed by atoms with Crippen molar-refractivity contribution in [3.63, 3.8) is 0 Å². The van der Waals surface area contributed by atoms with Crippen LogP contribution < -0.4 is 0 Å². The number of carboxylic acid groups (broad SMARTS) is 1. The number of carbonyl (C=O) groups is 1. The van der Waals surface area contributed by atoms with E-state index >= 15 is 0 Å². The number of aliphatic carboxylic acids is 1. The summed E-state index contributed by atoms with van der Waals surface area (Å²) in [5.74, 6) is -0.760. The van der Waals surface area contributed by atoms with Crippen molar-refractivity contribution < 1.29 is 9.90 Å². The van der Waals surface area contributed by atoms with E-state index in [1.807, 2.05) is 32.7 Å². The first-order chi connectivity index (χ1) is 9.24. The van der Waals surface area contributed by atoms with E-state index in [0.29, 0.717) is 11.6 Å². The Hall–Kier alpha value is -1.07. The van der Waals surface area contributed by atoms with E-state index in [4.69, 9.17) is 11.6 Å². The molecule has 112 valence electrons. The first-order valence-electron chi connectivity index (χ1n) is 6.89. The highest BCUT2D eigenvalue weighted by atomic mass is 35.5. The molecule has 1 fully saturated rings. The second-order valence-electron chi connectivity index (χ2n) is 6.27. The Labute approximate surface area is 124 Å². The third-order valence-electron chi connectivity index (χ3n) is 4.22. The molecule has 1 aromatic heterocycles. The molecule has 1 aliphatic heterocycles. The van der Waals surface area contributed by atoms with Gasteiger partial charge in [0.15, 0.2) is 0 Å². The highest BCUT2D eigenvalue weighted by Crippen LogP contribution is 2.36. The maximum Gasteiger partial charge on any atom is 0.321 e. The van der Waals surface area contributed by atoms with Crippen LogP contribution in [0, 0.1) is 12.3 Å². The Morgan fingerprint density at radius 3 is 2.70 bits per heavy atom. The smallest absolute Gasteiger partial charge is 0.321 e. The summed E-state index contributed by atoms with van der Waals surface area (Å²) in [5.41, 5.74) is 1.44. The van der Waals surface area contributed by atoms with Crippen LogP contribution in [0.25, 0.3) is 0 Å². The van der Waals surface area contributed by atoms with E-state index in [1.54, 1.807) is 4.68 Å². The molecule has 2 heterocycles. The summed E-state index contributed by atoms with van der Waals surface area (Å²) in [5, 5.41) is 14.5. The lowest BCUT2D eigenvalue weighted by Crippen LogP contribution is -2.53. The first kappa shape index (κ1) is 15.3. The predicted octanol–water partition coefficient (Wildman–Crippen LogP) is 2.46. The SMILES string of the molecule is Cc1nn(C)c(CN2CCCC(C)(C)C2C(=O)O)c1Cl. The largest absolute Gasteiger partial charge is 0.480 e. The van der Waals surface area contributed by atoms with E-state index in [-0.39, 0.29) is 5.41 Å². The summed E-state index contributed by atoms with van der Waals surface area (Å²) in [6.45, 7) is 7.21. The number of halogens is 1. The molecule has 5 nitrogen and oxygen atoms in total. The van der Waals surface area contributed by atoms with Gasteiger partial charge in [0.05, 0.1) is 16.4 Å². The van der Waals surface area contributed by atoms with Crippen LogP contribution in [0.3, 0.4) is 0 Å². The summed E-state index contributed by atoms with van der Waals surface area (Å²) >= 11 is 6.27. The third kappa shape index (κ3) is 2.69. The Morgan fingerprint density at radius 1 is 1.55 bits per heavy atom. The van der Waals surface area contributed by atoms with Crippen LogP contribution in [0.15, 0.2) is 0 Å². The minimum absolute atomic E-state index is 0.232. The normalized spacial score (nSPS) is 22.9. The standard InChI is InChI=1S/C14H22ClN3O2/c1-9-11(15)10(17(4)16-9)8-18-7-5-6-14(2,3)12(18)13(19)20/h12H,5-8H2,1-4H3,(H,19,20). The maximum absolute atomic E-state index is 11.6. The Kier molecular flexibility index (Phi) is 4.12. The van der Waals surface area contributed by atoms with Crippen LogP contribution in [0.5, 0.6) is 0 Å². The number of carboxylic acids is 1. The Balaban J connectivity index is 2.29. The number of hydrogen-bond acceptors (Lipinski definition) is 3. The van der Waals surface area contributed by atoms with Crippen LogP contribution >= 0.6 is 11.6 Å². The van der Waals surface area contributed by atoms with Crippen molar-refractivity contribution in [2.75, 3.05) is 6.54 Å². The molecule has 0 aliphatic carbocycles. The van der Waals surface area contributed by atoms with Gasteiger partial charge in [-0.2, -0.15) is 5.10 Å². The fourth-order valence-electron chi connectivity index (χ4n) is 3.20. The highest BCUT2D eigenvalue weighted by molar-refractivity contribution is 6.31. The van der Waals surface area contributed by atoms with E-state index in [9.17, 15) is 9.90 Å². The first-order valence-corrected chi connectivity index (χ1v) is 7.26. The molecule has 1 N–H and O–H groups in total. The molecular formula is C14H22ClN3O2. The molecule has 1 aromatic rings. The molecule has 0 aromatic carbocycles. The van der Waals surface area contributed by atoms with Crippen molar-refractivity contribution in [1.82, 2.24) is 14.7 Å². The number of rotatable bonds is 3. The second kappa shape index (κ2) is 5.37. The summed E-state index contributed by atoms with van der Waals surface area (Å²) in [7, 11) is 1.85. The molecule has 1 atom stereocenters. The Bertz CT molecular complexity index is 525. The van der Waals surface area contributed by atoms with Gasteiger partial charge in [-0.25, -0.2) is 0 Å². The molecule has 0 spiro atoms. The zero-order valence-corrected chi connectivity index (χ0v) is 13.2. The lowest BCUT2D eigenvalue weighted by atomic mass is 9.76. The monoisotopic (exact) mass is 299 g/mol. The molecular weight excluding hydrogens is 278 g/mol. The van der Waals surface area contributed by atoms with Gasteiger partial charge in [0.25, 0.3) is 0 Å². The van der Waals surface area contributed by atoms with Gasteiger partial charge >= 0.3 is 5.97 Å². The Morgan fingerprint density at radius 2 is 2.20 bits per heavy atom. The maximum atomic E-state index is 11.6. The van der Waals surface area contributed by atoms with Gasteiger partial charge in [0.1, 0.15) is 6.04 Å². The minimum atomic E-state index is -0.760. The number of likely N-dealkylation sites (tertiary alicyclic amines) is 1. The van der Waals surface area contributed by atoms with Gasteiger partial charge < -0.3 is 5.11 Å². The van der Waals surface area contributed by atoms with Crippen molar-refractivity contribution in [3.8, 4) is 0 Å². The molecule has 1 unspecified atom stereocenters. The van der Waals surface area contributed by atoms with E-state index < -0.39 is 12.0 Å². The summed E-state index contributed by atoms with van der Waals surface area (Å²) in [4.78, 5) is 13.7. The number of nitrogens with zero attached hydrogens (tertiary/aromatic N) is 3. The fourth-order valence-corrected chi connectivity index (χ4v) is 3.42. The highest BCUT2D eigenvalue weighted by Gasteiger charge is 2.42. The average molecular weight is 300 g/mol. The topological polar surface area (TPSA) is 58.4 Å². The van der Waals surface area contributed by atoms with Crippen molar-refractivity contribution in [1.29, 1.82) is 0 Å². The van der Waals surface area contributed by atoms with Gasteiger partial charge in [-0.05, 0) is 31.7 Å². The predicted molar refractivity (Wildman–Crippen MR) is 77.8 cm³/mol. The van der Waals surface area contributed by atoms with Crippen LogP contribution in [0.4, 0.5) is 0 Å². The molecule has 20 heavy (non-hydrogen) atoms. The fraction of sp³-hybridized carbons (Fsp3) is 0.714. The molecule has 0 bridgehead atoms. The van der Waals surface area contributed by atoms with E-state index in [1.165, 1.54) is 0 Å². The second-order valence-corrected chi connectivity index (χ2v) is 6.65. The lowest BCUT2D eigenvalue weighted by molar-refractivity contribution is -0.151. The van der Waals surface area contributed by atoms with Crippen molar-refractivity contribution in [2.24, 2.45) is 12.5 Å². The third-order valence-corrected chi connectivity index (χ3v) is 4.71. The van der Waals surface area contributed by atoms with Gasteiger partial charge in [-0.3, -0.25) is 14.4 Å². The van der Waals surface area contributed by atoms with Crippen LogP contribution in [0.1, 0.15) is 38.1 Å². The number of aromatic nitrogens is 2. The van der Waals surface area contributed by atoms with Crippen LogP contribution in [0.2, 0.25) is 5.02 Å². The number of piperidine rings is 1. The quantitative estimate of drug-likeness (QED) is 0.931. The van der Waals surface area contributed by atoms with Gasteiger partial charge in [0, 0.05) is 13.6 Å². The zero-order chi connectivity index (χ0) is 15.1. The van der Waals surface area contributed by atoms with Crippen LogP contribution in [-0.2, 0) is 18.4 Å².